The van der Waals surface area contributed by atoms with Crippen molar-refractivity contribution in [3.63, 3.8) is 0 Å². The number of rotatable bonds is 1. The van der Waals surface area contributed by atoms with E-state index in [0.717, 1.165) is 0 Å². The number of aliphatic hydroxyl groups is 1. The van der Waals surface area contributed by atoms with Crippen LogP contribution >= 0.6 is 0 Å². The molecule has 0 bridgehead atoms. The smallest absolute Gasteiger partial charge is 0.389 e. The average Bonchev–Trinajstić information content (AvgIpc) is 3.18. The van der Waals surface area contributed by atoms with E-state index in [1.165, 1.54) is 21.9 Å². The Bertz CT molecular complexity index is 1000. The number of fused-ring (bicyclic) bond motifs is 2. The lowest BCUT2D eigenvalue weighted by Crippen LogP contribution is -2.65. The molecule has 1 unspecified atom stereocenters. The number of benzene rings is 1. The summed E-state index contributed by atoms with van der Waals surface area (Å²) in [5, 5.41) is 14.4. The first kappa shape index (κ1) is 20.5. The Hall–Kier alpha value is -2.39. The van der Waals surface area contributed by atoms with Crippen LogP contribution in [0.2, 0.25) is 0 Å². The molecule has 0 aliphatic carbocycles. The van der Waals surface area contributed by atoms with Crippen molar-refractivity contribution in [3.8, 4) is 0 Å². The number of aryl methyl sites for hydroxylation is 1. The summed E-state index contributed by atoms with van der Waals surface area (Å²) in [7, 11) is 0. The molecule has 1 fully saturated rings. The highest BCUT2D eigenvalue weighted by Crippen LogP contribution is 2.35. The fraction of sp³-hybridized carbons (Fsp3) is 0.545. The zero-order chi connectivity index (χ0) is 21.8. The van der Waals surface area contributed by atoms with Crippen molar-refractivity contribution in [2.24, 2.45) is 5.92 Å². The average molecular weight is 434 g/mol. The SMILES string of the molecule is O=C(c1cn2c(n1)CCC(C(F)(F)F)C2)N1CC[C@]2(Cc3ccccc3CN2)[C@H](O)C1. The number of piperidine rings is 1. The van der Waals surface area contributed by atoms with Crippen LogP contribution in [0.5, 0.6) is 0 Å². The Morgan fingerprint density at radius 2 is 2.00 bits per heavy atom. The maximum atomic E-state index is 13.1. The highest BCUT2D eigenvalue weighted by Gasteiger charge is 2.46. The molecule has 6 nitrogen and oxygen atoms in total. The maximum Gasteiger partial charge on any atom is 0.393 e. The Balaban J connectivity index is 1.28. The number of imidazole rings is 1. The molecule has 1 aromatic carbocycles. The minimum atomic E-state index is -4.25. The lowest BCUT2D eigenvalue weighted by Gasteiger charge is -2.48. The fourth-order valence-corrected chi connectivity index (χ4v) is 5.12. The molecule has 2 N–H and O–H groups in total. The lowest BCUT2D eigenvalue weighted by molar-refractivity contribution is -0.182. The Labute approximate surface area is 178 Å². The van der Waals surface area contributed by atoms with Crippen molar-refractivity contribution in [1.82, 2.24) is 19.8 Å². The number of amides is 1. The predicted octanol–water partition coefficient (Wildman–Crippen LogP) is 2.30. The standard InChI is InChI=1S/C22H25F3N4O2/c23-22(24,25)16-5-6-19-27-17(12-29(19)11-16)20(31)28-8-7-21(18(30)13-28)9-14-3-1-2-4-15(14)10-26-21/h1-4,12,16,18,26,30H,5-11,13H2/t16?,18-,21+/m1/s1. The Kier molecular flexibility index (Phi) is 4.86. The molecular formula is C22H25F3N4O2. The zero-order valence-electron chi connectivity index (χ0n) is 17.0. The molecule has 1 saturated heterocycles. The highest BCUT2D eigenvalue weighted by molar-refractivity contribution is 5.92. The van der Waals surface area contributed by atoms with Crippen molar-refractivity contribution < 1.29 is 23.1 Å². The van der Waals surface area contributed by atoms with Gasteiger partial charge < -0.3 is 19.9 Å². The van der Waals surface area contributed by atoms with Crippen molar-refractivity contribution in [2.75, 3.05) is 13.1 Å². The Morgan fingerprint density at radius 3 is 2.74 bits per heavy atom. The van der Waals surface area contributed by atoms with Crippen molar-refractivity contribution in [1.29, 1.82) is 0 Å². The summed E-state index contributed by atoms with van der Waals surface area (Å²) in [5.41, 5.74) is 2.11. The van der Waals surface area contributed by atoms with E-state index in [1.807, 2.05) is 12.1 Å². The zero-order valence-corrected chi connectivity index (χ0v) is 17.0. The van der Waals surface area contributed by atoms with E-state index in [2.05, 4.69) is 22.4 Å². The number of hydrogen-bond acceptors (Lipinski definition) is 4. The number of nitrogens with one attached hydrogen (secondary N) is 1. The van der Waals surface area contributed by atoms with E-state index < -0.39 is 23.7 Å². The molecule has 4 heterocycles. The molecule has 0 radical (unpaired) electrons. The number of aromatic nitrogens is 2. The number of nitrogens with zero attached hydrogens (tertiary/aromatic N) is 3. The van der Waals surface area contributed by atoms with Gasteiger partial charge in [-0.05, 0) is 30.4 Å². The van der Waals surface area contributed by atoms with Gasteiger partial charge in [0.05, 0.1) is 17.6 Å². The number of halogens is 3. The number of hydrogen-bond donors (Lipinski definition) is 2. The van der Waals surface area contributed by atoms with Crippen molar-refractivity contribution in [3.05, 3.63) is 53.1 Å². The van der Waals surface area contributed by atoms with E-state index in [9.17, 15) is 23.1 Å². The number of β-amino-alcohol motifs (C(OH)–C–C–N with tert-alkyl or cyclic N) is 1. The van der Waals surface area contributed by atoms with E-state index in [0.29, 0.717) is 31.8 Å². The van der Waals surface area contributed by atoms with Gasteiger partial charge >= 0.3 is 6.18 Å². The minimum absolute atomic E-state index is 0.00770. The lowest BCUT2D eigenvalue weighted by atomic mass is 9.76. The van der Waals surface area contributed by atoms with E-state index in [-0.39, 0.29) is 37.5 Å². The molecule has 9 heteroatoms. The second kappa shape index (κ2) is 7.34. The van der Waals surface area contributed by atoms with Gasteiger partial charge in [0.1, 0.15) is 11.5 Å². The quantitative estimate of drug-likeness (QED) is 0.723. The molecule has 5 rings (SSSR count). The molecule has 166 valence electrons. The van der Waals surface area contributed by atoms with Gasteiger partial charge in [-0.3, -0.25) is 4.79 Å². The van der Waals surface area contributed by atoms with Crippen LogP contribution < -0.4 is 5.32 Å². The first-order valence-electron chi connectivity index (χ1n) is 10.7. The maximum absolute atomic E-state index is 13.1. The molecule has 1 amide bonds. The molecule has 2 aromatic rings. The van der Waals surface area contributed by atoms with Crippen LogP contribution in [0, 0.1) is 5.92 Å². The second-order valence-electron chi connectivity index (χ2n) is 8.94. The fourth-order valence-electron chi connectivity index (χ4n) is 5.12. The first-order chi connectivity index (χ1) is 14.7. The number of likely N-dealkylation sites (tertiary alicyclic amines) is 1. The van der Waals surface area contributed by atoms with Gasteiger partial charge in [0.15, 0.2) is 0 Å². The summed E-state index contributed by atoms with van der Waals surface area (Å²) in [6.45, 7) is 1.10. The van der Waals surface area contributed by atoms with Gasteiger partial charge in [-0.2, -0.15) is 13.2 Å². The molecule has 3 aliphatic rings. The van der Waals surface area contributed by atoms with Crippen molar-refractivity contribution in [2.45, 2.75) is 56.6 Å². The van der Waals surface area contributed by atoms with Crippen LogP contribution in [-0.2, 0) is 25.9 Å². The van der Waals surface area contributed by atoms with Gasteiger partial charge in [-0.25, -0.2) is 4.98 Å². The number of alkyl halides is 3. The first-order valence-corrected chi connectivity index (χ1v) is 10.7. The topological polar surface area (TPSA) is 70.4 Å². The number of aliphatic hydroxyl groups excluding tert-OH is 1. The molecule has 31 heavy (non-hydrogen) atoms. The third-order valence-electron chi connectivity index (χ3n) is 7.08. The normalized spacial score (nSPS) is 28.3. The number of carbonyl (C=O) groups excluding carboxylic acids is 1. The largest absolute Gasteiger partial charge is 0.393 e. The summed E-state index contributed by atoms with van der Waals surface area (Å²) in [4.78, 5) is 18.9. The summed E-state index contributed by atoms with van der Waals surface area (Å²) >= 11 is 0. The molecule has 3 aliphatic heterocycles. The Morgan fingerprint density at radius 1 is 1.23 bits per heavy atom. The van der Waals surface area contributed by atoms with Crippen LogP contribution in [0.1, 0.15) is 40.3 Å². The summed E-state index contributed by atoms with van der Waals surface area (Å²) in [6, 6.07) is 8.14. The summed E-state index contributed by atoms with van der Waals surface area (Å²) in [6.07, 6.45) is -2.07. The van der Waals surface area contributed by atoms with Crippen LogP contribution in [0.3, 0.4) is 0 Å². The second-order valence-corrected chi connectivity index (χ2v) is 8.94. The van der Waals surface area contributed by atoms with Gasteiger partial charge in [0.2, 0.25) is 0 Å². The van der Waals surface area contributed by atoms with Crippen LogP contribution in [0.15, 0.2) is 30.5 Å². The van der Waals surface area contributed by atoms with E-state index in [1.54, 1.807) is 4.90 Å². The van der Waals surface area contributed by atoms with Crippen LogP contribution in [0.25, 0.3) is 0 Å². The van der Waals surface area contributed by atoms with E-state index in [4.69, 9.17) is 0 Å². The van der Waals surface area contributed by atoms with Gasteiger partial charge in [-0.1, -0.05) is 24.3 Å². The monoisotopic (exact) mass is 434 g/mol. The van der Waals surface area contributed by atoms with Gasteiger partial charge in [-0.15, -0.1) is 0 Å². The molecule has 1 spiro atoms. The molecule has 3 atom stereocenters. The number of carbonyl (C=O) groups is 1. The van der Waals surface area contributed by atoms with Crippen LogP contribution in [-0.4, -0.2) is 56.4 Å². The molecular weight excluding hydrogens is 409 g/mol. The predicted molar refractivity (Wildman–Crippen MR) is 106 cm³/mol. The third-order valence-corrected chi connectivity index (χ3v) is 7.08. The minimum Gasteiger partial charge on any atom is -0.389 e. The summed E-state index contributed by atoms with van der Waals surface area (Å²) < 4.78 is 40.6. The van der Waals surface area contributed by atoms with E-state index >= 15 is 0 Å². The third kappa shape index (κ3) is 3.63. The van der Waals surface area contributed by atoms with Gasteiger partial charge in [0, 0.05) is 38.8 Å². The van der Waals surface area contributed by atoms with Gasteiger partial charge in [0.25, 0.3) is 5.91 Å². The molecule has 1 aromatic heterocycles. The highest BCUT2D eigenvalue weighted by atomic mass is 19.4. The van der Waals surface area contributed by atoms with Crippen LogP contribution in [0.4, 0.5) is 13.2 Å². The van der Waals surface area contributed by atoms with Crippen molar-refractivity contribution >= 4 is 5.91 Å². The molecule has 0 saturated carbocycles. The summed E-state index contributed by atoms with van der Waals surface area (Å²) in [5.74, 6) is -1.23.